The van der Waals surface area contributed by atoms with Crippen molar-refractivity contribution in [3.63, 3.8) is 0 Å². The van der Waals surface area contributed by atoms with Crippen molar-refractivity contribution in [3.8, 4) is 23.0 Å². The van der Waals surface area contributed by atoms with Gasteiger partial charge in [0.05, 0.1) is 33.6 Å². The highest BCUT2D eigenvalue weighted by molar-refractivity contribution is 7.89. The molecule has 2 aromatic rings. The van der Waals surface area contributed by atoms with Gasteiger partial charge in [0.2, 0.25) is 0 Å². The molecule has 0 aliphatic rings. The predicted octanol–water partition coefficient (Wildman–Crippen LogP) is 2.81. The molecule has 0 heterocycles. The molecule has 0 saturated carbocycles. The summed E-state index contributed by atoms with van der Waals surface area (Å²) >= 11 is 0. The Bertz CT molecular complexity index is 941. The summed E-state index contributed by atoms with van der Waals surface area (Å²) in [6, 6.07) is 9.65. The van der Waals surface area contributed by atoms with Crippen molar-refractivity contribution in [2.45, 2.75) is 24.8 Å². The molecule has 0 aliphatic carbocycles. The maximum absolute atomic E-state index is 12.6. The summed E-state index contributed by atoms with van der Waals surface area (Å²) in [5.41, 5.74) is 0.633. The maximum Gasteiger partial charge on any atom is 0.280 e. The second-order valence-electron chi connectivity index (χ2n) is 5.95. The molecule has 2 aromatic carbocycles. The van der Waals surface area contributed by atoms with Crippen LogP contribution in [0.3, 0.4) is 0 Å². The van der Waals surface area contributed by atoms with Crippen molar-refractivity contribution >= 4 is 16.2 Å². The zero-order chi connectivity index (χ0) is 20.7. The molecule has 0 saturated heterocycles. The molecular weight excluding hydrogens is 384 g/mol. The van der Waals surface area contributed by atoms with E-state index in [2.05, 4.69) is 9.93 Å². The van der Waals surface area contributed by atoms with E-state index in [0.29, 0.717) is 22.8 Å². The van der Waals surface area contributed by atoms with Crippen LogP contribution >= 0.6 is 0 Å². The van der Waals surface area contributed by atoms with Crippen LogP contribution in [0, 0.1) is 0 Å². The lowest BCUT2D eigenvalue weighted by Gasteiger charge is -2.13. The van der Waals surface area contributed by atoms with Crippen LogP contribution in [-0.4, -0.2) is 42.1 Å². The molecule has 0 spiro atoms. The summed E-state index contributed by atoms with van der Waals surface area (Å²) in [7, 11) is 0.409. The van der Waals surface area contributed by atoms with Gasteiger partial charge in [-0.1, -0.05) is 0 Å². The van der Waals surface area contributed by atoms with E-state index in [1.54, 1.807) is 24.3 Å². The molecule has 0 amide bonds. The lowest BCUT2D eigenvalue weighted by Crippen LogP contribution is -2.19. The molecule has 9 heteroatoms. The first-order chi connectivity index (χ1) is 13.3. The van der Waals surface area contributed by atoms with Crippen molar-refractivity contribution in [1.29, 1.82) is 0 Å². The maximum atomic E-state index is 12.6. The standard InChI is InChI=1S/C19H24N2O6S/c1-13(2)27-16-8-6-14(10-18(16)26-5)12-20-21-28(22,23)19-11-15(24-3)7-9-17(19)25-4/h6-13,21H,1-5H3/b20-12-. The second kappa shape index (κ2) is 9.32. The van der Waals surface area contributed by atoms with Crippen LogP contribution in [0.2, 0.25) is 0 Å². The van der Waals surface area contributed by atoms with Crippen LogP contribution in [0.25, 0.3) is 0 Å². The SMILES string of the molecule is COc1ccc(OC)c(S(=O)(=O)N/N=C\c2ccc(OC(C)C)c(OC)c2)c1. The van der Waals surface area contributed by atoms with Crippen molar-refractivity contribution in [1.82, 2.24) is 4.83 Å². The third kappa shape index (κ3) is 5.29. The molecule has 0 aromatic heterocycles. The average Bonchev–Trinajstić information content (AvgIpc) is 2.67. The van der Waals surface area contributed by atoms with Gasteiger partial charge in [-0.15, -0.1) is 0 Å². The largest absolute Gasteiger partial charge is 0.497 e. The number of hydrazone groups is 1. The molecule has 8 nitrogen and oxygen atoms in total. The molecule has 0 bridgehead atoms. The molecular formula is C19H24N2O6S. The van der Waals surface area contributed by atoms with Gasteiger partial charge in [0.1, 0.15) is 16.4 Å². The Kier molecular flexibility index (Phi) is 7.11. The van der Waals surface area contributed by atoms with E-state index in [-0.39, 0.29) is 16.7 Å². The first kappa shape index (κ1) is 21.4. The van der Waals surface area contributed by atoms with Gasteiger partial charge in [-0.2, -0.15) is 18.4 Å². The van der Waals surface area contributed by atoms with Gasteiger partial charge in [0.25, 0.3) is 10.0 Å². The fraction of sp³-hybridized carbons (Fsp3) is 0.316. The summed E-state index contributed by atoms with van der Waals surface area (Å²) in [4.78, 5) is 2.09. The second-order valence-corrected chi connectivity index (χ2v) is 7.58. The lowest BCUT2D eigenvalue weighted by molar-refractivity contribution is 0.230. The first-order valence-electron chi connectivity index (χ1n) is 8.42. The van der Waals surface area contributed by atoms with Gasteiger partial charge in [0, 0.05) is 6.07 Å². The van der Waals surface area contributed by atoms with Crippen molar-refractivity contribution in [2.75, 3.05) is 21.3 Å². The number of sulfonamides is 1. The minimum Gasteiger partial charge on any atom is -0.497 e. The molecule has 0 radical (unpaired) electrons. The molecule has 0 unspecified atom stereocenters. The van der Waals surface area contributed by atoms with Crippen LogP contribution in [0.1, 0.15) is 19.4 Å². The van der Waals surface area contributed by atoms with E-state index < -0.39 is 10.0 Å². The van der Waals surface area contributed by atoms with Gasteiger partial charge in [-0.05, 0) is 49.7 Å². The van der Waals surface area contributed by atoms with Gasteiger partial charge in [-0.3, -0.25) is 0 Å². The van der Waals surface area contributed by atoms with E-state index in [0.717, 1.165) is 0 Å². The zero-order valence-corrected chi connectivity index (χ0v) is 17.2. The Hall–Kier alpha value is -2.94. The fourth-order valence-electron chi connectivity index (χ4n) is 2.33. The Balaban J connectivity index is 2.22. The van der Waals surface area contributed by atoms with Gasteiger partial charge in [-0.25, -0.2) is 0 Å². The van der Waals surface area contributed by atoms with Gasteiger partial charge in [0.15, 0.2) is 11.5 Å². The van der Waals surface area contributed by atoms with E-state index in [1.807, 2.05) is 13.8 Å². The Morgan fingerprint density at radius 3 is 2.21 bits per heavy atom. The van der Waals surface area contributed by atoms with Gasteiger partial charge >= 0.3 is 0 Å². The number of hydrogen-bond acceptors (Lipinski definition) is 7. The fourth-order valence-corrected chi connectivity index (χ4v) is 3.31. The van der Waals surface area contributed by atoms with Crippen LogP contribution in [0.5, 0.6) is 23.0 Å². The molecule has 0 aliphatic heterocycles. The zero-order valence-electron chi connectivity index (χ0n) is 16.4. The highest BCUT2D eigenvalue weighted by Crippen LogP contribution is 2.29. The van der Waals surface area contributed by atoms with E-state index >= 15 is 0 Å². The van der Waals surface area contributed by atoms with Gasteiger partial charge < -0.3 is 18.9 Å². The predicted molar refractivity (Wildman–Crippen MR) is 106 cm³/mol. The van der Waals surface area contributed by atoms with E-state index in [1.165, 1.54) is 39.7 Å². The minimum absolute atomic E-state index is 0.00179. The van der Waals surface area contributed by atoms with E-state index in [4.69, 9.17) is 18.9 Å². The number of rotatable bonds is 9. The van der Waals surface area contributed by atoms with Crippen molar-refractivity contribution < 1.29 is 27.4 Å². The van der Waals surface area contributed by atoms with Crippen molar-refractivity contribution in [2.24, 2.45) is 5.10 Å². The Labute approximate surface area is 165 Å². The first-order valence-corrected chi connectivity index (χ1v) is 9.90. The summed E-state index contributed by atoms with van der Waals surface area (Å²) in [5.74, 6) is 1.68. The number of nitrogens with one attached hydrogen (secondary N) is 1. The summed E-state index contributed by atoms with van der Waals surface area (Å²) < 4.78 is 46.3. The lowest BCUT2D eigenvalue weighted by atomic mass is 10.2. The molecule has 0 fully saturated rings. The monoisotopic (exact) mass is 408 g/mol. The molecule has 1 N–H and O–H groups in total. The number of methoxy groups -OCH3 is 3. The summed E-state index contributed by atoms with van der Waals surface area (Å²) in [5, 5.41) is 3.83. The van der Waals surface area contributed by atoms with Crippen LogP contribution in [0.15, 0.2) is 46.4 Å². The van der Waals surface area contributed by atoms with E-state index in [9.17, 15) is 8.42 Å². The Morgan fingerprint density at radius 2 is 1.61 bits per heavy atom. The quantitative estimate of drug-likeness (QED) is 0.506. The third-order valence-corrected chi connectivity index (χ3v) is 4.84. The highest BCUT2D eigenvalue weighted by atomic mass is 32.2. The summed E-state index contributed by atoms with van der Waals surface area (Å²) in [6.45, 7) is 3.83. The number of nitrogens with zero attached hydrogens (tertiary/aromatic N) is 1. The molecule has 152 valence electrons. The van der Waals surface area contributed by atoms with Crippen LogP contribution < -0.4 is 23.8 Å². The average molecular weight is 408 g/mol. The smallest absolute Gasteiger partial charge is 0.280 e. The molecule has 2 rings (SSSR count). The molecule has 28 heavy (non-hydrogen) atoms. The summed E-state index contributed by atoms with van der Waals surface area (Å²) in [6.07, 6.45) is 1.37. The third-order valence-electron chi connectivity index (χ3n) is 3.60. The highest BCUT2D eigenvalue weighted by Gasteiger charge is 2.20. The minimum atomic E-state index is -3.95. The molecule has 0 atom stereocenters. The van der Waals surface area contributed by atoms with Crippen LogP contribution in [-0.2, 0) is 10.0 Å². The number of benzene rings is 2. The Morgan fingerprint density at radius 1 is 0.929 bits per heavy atom. The normalized spacial score (nSPS) is 11.5. The number of ether oxygens (including phenoxy) is 4. The topological polar surface area (TPSA) is 95.5 Å². The van der Waals surface area contributed by atoms with Crippen molar-refractivity contribution in [3.05, 3.63) is 42.0 Å². The van der Waals surface area contributed by atoms with Crippen LogP contribution in [0.4, 0.5) is 0 Å². The number of hydrogen-bond donors (Lipinski definition) is 1.